The standard InChI is InChI=1S/C17H26N2O6/c1-3-19(4-2)12-7-5-11(6-8-12)17(25)18-13(9-20)15(23)16(24)14(22)10-21/h5-9,13-16,21-24H,3-4,10H2,1-2H3,(H,18,25)/t13-,14-,15-,16-/m1/s1. The smallest absolute Gasteiger partial charge is 0.251 e. The van der Waals surface area contributed by atoms with Crippen molar-refractivity contribution in [3.8, 4) is 0 Å². The van der Waals surface area contributed by atoms with Gasteiger partial charge in [0.2, 0.25) is 0 Å². The SMILES string of the molecule is CCN(CC)c1ccc(C(=O)N[C@H](C=O)[C@@H](O)[C@H](O)[C@H](O)CO)cc1. The molecule has 0 saturated carbocycles. The van der Waals surface area contributed by atoms with Gasteiger partial charge in [0.1, 0.15) is 30.6 Å². The van der Waals surface area contributed by atoms with Crippen LogP contribution in [0.3, 0.4) is 0 Å². The van der Waals surface area contributed by atoms with Crippen LogP contribution in [0.15, 0.2) is 24.3 Å². The van der Waals surface area contributed by atoms with Crippen molar-refractivity contribution in [2.45, 2.75) is 38.2 Å². The minimum atomic E-state index is -1.77. The van der Waals surface area contributed by atoms with Crippen molar-refractivity contribution in [1.82, 2.24) is 5.32 Å². The van der Waals surface area contributed by atoms with E-state index in [2.05, 4.69) is 10.2 Å². The highest BCUT2D eigenvalue weighted by Crippen LogP contribution is 2.15. The van der Waals surface area contributed by atoms with Crippen molar-refractivity contribution in [2.24, 2.45) is 0 Å². The van der Waals surface area contributed by atoms with Gasteiger partial charge < -0.3 is 35.4 Å². The summed E-state index contributed by atoms with van der Waals surface area (Å²) in [6.45, 7) is 4.90. The van der Waals surface area contributed by atoms with Crippen LogP contribution >= 0.6 is 0 Å². The van der Waals surface area contributed by atoms with Gasteiger partial charge in [-0.15, -0.1) is 0 Å². The van der Waals surface area contributed by atoms with E-state index in [4.69, 9.17) is 5.11 Å². The number of hydrogen-bond acceptors (Lipinski definition) is 7. The number of aliphatic hydroxyl groups excluding tert-OH is 4. The molecule has 0 heterocycles. The van der Waals surface area contributed by atoms with E-state index in [9.17, 15) is 24.9 Å². The average Bonchev–Trinajstić information content (AvgIpc) is 2.65. The van der Waals surface area contributed by atoms with Crippen molar-refractivity contribution in [3.05, 3.63) is 29.8 Å². The number of amides is 1. The van der Waals surface area contributed by atoms with Crippen molar-refractivity contribution < 1.29 is 30.0 Å². The third-order valence-electron chi connectivity index (χ3n) is 4.00. The predicted molar refractivity (Wildman–Crippen MR) is 92.4 cm³/mol. The van der Waals surface area contributed by atoms with Crippen molar-refractivity contribution in [1.29, 1.82) is 0 Å². The summed E-state index contributed by atoms with van der Waals surface area (Å²) >= 11 is 0. The van der Waals surface area contributed by atoms with Crippen LogP contribution in [-0.4, -0.2) is 76.7 Å². The first-order valence-electron chi connectivity index (χ1n) is 8.15. The Labute approximate surface area is 146 Å². The number of carbonyl (C=O) groups excluding carboxylic acids is 2. The Morgan fingerprint density at radius 3 is 2.12 bits per heavy atom. The van der Waals surface area contributed by atoms with Crippen LogP contribution in [0.5, 0.6) is 0 Å². The molecule has 5 N–H and O–H groups in total. The van der Waals surface area contributed by atoms with E-state index >= 15 is 0 Å². The van der Waals surface area contributed by atoms with Gasteiger partial charge in [-0.2, -0.15) is 0 Å². The Morgan fingerprint density at radius 1 is 1.12 bits per heavy atom. The summed E-state index contributed by atoms with van der Waals surface area (Å²) in [6, 6.07) is 5.31. The number of aldehydes is 1. The van der Waals surface area contributed by atoms with E-state index in [0.717, 1.165) is 18.8 Å². The van der Waals surface area contributed by atoms with Gasteiger partial charge in [0.25, 0.3) is 5.91 Å². The van der Waals surface area contributed by atoms with Crippen molar-refractivity contribution in [3.63, 3.8) is 0 Å². The van der Waals surface area contributed by atoms with E-state index in [-0.39, 0.29) is 11.8 Å². The van der Waals surface area contributed by atoms with E-state index in [1.165, 1.54) is 0 Å². The number of hydrogen-bond donors (Lipinski definition) is 5. The second kappa shape index (κ2) is 10.1. The first kappa shape index (κ1) is 21.0. The Balaban J connectivity index is 2.80. The molecule has 4 atom stereocenters. The Bertz CT molecular complexity index is 547. The molecule has 0 bridgehead atoms. The molecule has 0 aliphatic carbocycles. The maximum Gasteiger partial charge on any atom is 0.251 e. The van der Waals surface area contributed by atoms with Gasteiger partial charge in [-0.1, -0.05) is 0 Å². The third-order valence-corrected chi connectivity index (χ3v) is 4.00. The van der Waals surface area contributed by atoms with E-state index in [1.807, 2.05) is 13.8 Å². The summed E-state index contributed by atoms with van der Waals surface area (Å²) in [6.07, 6.45) is -4.88. The zero-order chi connectivity index (χ0) is 19.0. The van der Waals surface area contributed by atoms with Gasteiger partial charge in [-0.3, -0.25) is 4.79 Å². The van der Waals surface area contributed by atoms with Gasteiger partial charge in [-0.25, -0.2) is 0 Å². The third kappa shape index (κ3) is 5.50. The highest BCUT2D eigenvalue weighted by Gasteiger charge is 2.32. The number of nitrogens with one attached hydrogen (secondary N) is 1. The molecule has 1 amide bonds. The van der Waals surface area contributed by atoms with Crippen LogP contribution in [-0.2, 0) is 4.79 Å². The molecule has 0 unspecified atom stereocenters. The van der Waals surface area contributed by atoms with Crippen LogP contribution < -0.4 is 10.2 Å². The lowest BCUT2D eigenvalue weighted by Gasteiger charge is -2.26. The summed E-state index contributed by atoms with van der Waals surface area (Å²) in [5, 5.41) is 39.9. The van der Waals surface area contributed by atoms with Gasteiger partial charge in [0, 0.05) is 24.3 Å². The number of rotatable bonds is 10. The molecular formula is C17H26N2O6. The molecule has 0 radical (unpaired) electrons. The summed E-state index contributed by atoms with van der Waals surface area (Å²) in [5.41, 5.74) is 1.24. The maximum atomic E-state index is 12.2. The largest absolute Gasteiger partial charge is 0.394 e. The van der Waals surface area contributed by atoms with Crippen molar-refractivity contribution in [2.75, 3.05) is 24.6 Å². The fourth-order valence-electron chi connectivity index (χ4n) is 2.40. The topological polar surface area (TPSA) is 130 Å². The summed E-state index contributed by atoms with van der Waals surface area (Å²) in [4.78, 5) is 25.4. The van der Waals surface area contributed by atoms with E-state index in [0.29, 0.717) is 0 Å². The van der Waals surface area contributed by atoms with Crippen LogP contribution in [0, 0.1) is 0 Å². The first-order valence-corrected chi connectivity index (χ1v) is 8.15. The van der Waals surface area contributed by atoms with Gasteiger partial charge in [0.05, 0.1) is 6.61 Å². The number of carbonyl (C=O) groups is 2. The molecule has 0 spiro atoms. The molecule has 140 valence electrons. The van der Waals surface area contributed by atoms with E-state index < -0.39 is 36.9 Å². The Morgan fingerprint density at radius 2 is 1.68 bits per heavy atom. The molecule has 25 heavy (non-hydrogen) atoms. The normalized spacial score (nSPS) is 15.8. The highest BCUT2D eigenvalue weighted by molar-refractivity contribution is 5.96. The summed E-state index contributed by atoms with van der Waals surface area (Å²) in [5.74, 6) is -0.604. The molecule has 0 aromatic heterocycles. The van der Waals surface area contributed by atoms with Crippen LogP contribution in [0.1, 0.15) is 24.2 Å². The second-order valence-corrected chi connectivity index (χ2v) is 5.59. The molecular weight excluding hydrogens is 328 g/mol. The molecule has 1 aromatic carbocycles. The van der Waals surface area contributed by atoms with Gasteiger partial charge >= 0.3 is 0 Å². The molecule has 0 saturated heterocycles. The zero-order valence-electron chi connectivity index (χ0n) is 14.4. The second-order valence-electron chi connectivity index (χ2n) is 5.59. The van der Waals surface area contributed by atoms with Gasteiger partial charge in [-0.05, 0) is 38.1 Å². The number of anilines is 1. The Hall–Kier alpha value is -2.00. The molecule has 8 heteroatoms. The van der Waals surface area contributed by atoms with E-state index in [1.54, 1.807) is 24.3 Å². The number of nitrogens with zero attached hydrogens (tertiary/aromatic N) is 1. The molecule has 0 aliphatic heterocycles. The molecule has 8 nitrogen and oxygen atoms in total. The Kier molecular flexibility index (Phi) is 8.50. The highest BCUT2D eigenvalue weighted by atomic mass is 16.4. The van der Waals surface area contributed by atoms with Crippen LogP contribution in [0.25, 0.3) is 0 Å². The lowest BCUT2D eigenvalue weighted by Crippen LogP contribution is -2.53. The number of benzene rings is 1. The van der Waals surface area contributed by atoms with Crippen LogP contribution in [0.2, 0.25) is 0 Å². The lowest BCUT2D eigenvalue weighted by atomic mass is 10.0. The average molecular weight is 354 g/mol. The zero-order valence-corrected chi connectivity index (χ0v) is 14.4. The van der Waals surface area contributed by atoms with Crippen LogP contribution in [0.4, 0.5) is 5.69 Å². The first-order chi connectivity index (χ1) is 11.9. The predicted octanol–water partition coefficient (Wildman–Crippen LogP) is -1.09. The fourth-order valence-corrected chi connectivity index (χ4v) is 2.40. The summed E-state index contributed by atoms with van der Waals surface area (Å²) < 4.78 is 0. The monoisotopic (exact) mass is 354 g/mol. The fraction of sp³-hybridized carbons (Fsp3) is 0.529. The molecule has 1 rings (SSSR count). The minimum Gasteiger partial charge on any atom is -0.394 e. The van der Waals surface area contributed by atoms with Crippen molar-refractivity contribution >= 4 is 17.9 Å². The summed E-state index contributed by atoms with van der Waals surface area (Å²) in [7, 11) is 0. The number of aliphatic hydroxyl groups is 4. The quantitative estimate of drug-likeness (QED) is 0.337. The molecule has 0 aliphatic rings. The molecule has 1 aromatic rings. The minimum absolute atomic E-state index is 0.264. The lowest BCUT2D eigenvalue weighted by molar-refractivity contribution is -0.119. The molecule has 0 fully saturated rings. The maximum absolute atomic E-state index is 12.2. The van der Waals surface area contributed by atoms with Gasteiger partial charge in [0.15, 0.2) is 0 Å².